The Morgan fingerprint density at radius 3 is 2.57 bits per heavy atom. The highest BCUT2D eigenvalue weighted by Gasteiger charge is 2.18. The van der Waals surface area contributed by atoms with Crippen molar-refractivity contribution in [1.29, 1.82) is 0 Å². The van der Waals surface area contributed by atoms with Crippen LogP contribution in [0.1, 0.15) is 24.2 Å². The smallest absolute Gasteiger partial charge is 0.390 e. The molecule has 0 saturated heterocycles. The van der Waals surface area contributed by atoms with E-state index in [1.807, 2.05) is 13.8 Å². The van der Waals surface area contributed by atoms with Gasteiger partial charge in [0.05, 0.1) is 5.38 Å². The highest BCUT2D eigenvalue weighted by atomic mass is 32.1. The minimum Gasteiger partial charge on any atom is -0.390 e. The van der Waals surface area contributed by atoms with E-state index in [1.165, 1.54) is 34.5 Å². The molecule has 6 nitrogen and oxygen atoms in total. The van der Waals surface area contributed by atoms with Crippen molar-refractivity contribution in [3.63, 3.8) is 0 Å². The van der Waals surface area contributed by atoms with Crippen LogP contribution in [-0.4, -0.2) is 30.1 Å². The SMILES string of the molecule is CC(C)NC(=O)Oc1csc(N(C)C(=O)c2ccc(F)cc2)n1. The molecule has 1 heterocycles. The second-order valence-electron chi connectivity index (χ2n) is 5.03. The van der Waals surface area contributed by atoms with Gasteiger partial charge in [-0.3, -0.25) is 9.69 Å². The molecule has 0 unspecified atom stereocenters. The molecule has 2 aromatic rings. The second kappa shape index (κ2) is 7.19. The van der Waals surface area contributed by atoms with Crippen molar-refractivity contribution in [1.82, 2.24) is 10.3 Å². The van der Waals surface area contributed by atoms with E-state index in [0.29, 0.717) is 10.7 Å². The molecule has 0 aliphatic carbocycles. The van der Waals surface area contributed by atoms with E-state index >= 15 is 0 Å². The molecule has 1 aromatic heterocycles. The van der Waals surface area contributed by atoms with E-state index < -0.39 is 11.9 Å². The third-order valence-corrected chi connectivity index (χ3v) is 3.65. The van der Waals surface area contributed by atoms with Crippen LogP contribution in [0.2, 0.25) is 0 Å². The summed E-state index contributed by atoms with van der Waals surface area (Å²) in [6.45, 7) is 3.62. The summed E-state index contributed by atoms with van der Waals surface area (Å²) < 4.78 is 17.9. The van der Waals surface area contributed by atoms with Crippen LogP contribution < -0.4 is 15.0 Å². The average Bonchev–Trinajstić information content (AvgIpc) is 2.94. The van der Waals surface area contributed by atoms with Gasteiger partial charge < -0.3 is 10.1 Å². The zero-order chi connectivity index (χ0) is 17.0. The molecule has 2 amide bonds. The number of benzene rings is 1. The van der Waals surface area contributed by atoms with Crippen LogP contribution in [0.25, 0.3) is 0 Å². The fourth-order valence-electron chi connectivity index (χ4n) is 1.68. The van der Waals surface area contributed by atoms with Crippen LogP contribution in [0.15, 0.2) is 29.6 Å². The van der Waals surface area contributed by atoms with Crippen molar-refractivity contribution in [2.75, 3.05) is 11.9 Å². The molecular formula is C15H16FN3O3S. The summed E-state index contributed by atoms with van der Waals surface area (Å²) in [5.74, 6) is -0.634. The monoisotopic (exact) mass is 337 g/mol. The van der Waals surface area contributed by atoms with Crippen LogP contribution in [0.3, 0.4) is 0 Å². The molecule has 1 N–H and O–H groups in total. The molecule has 0 atom stereocenters. The summed E-state index contributed by atoms with van der Waals surface area (Å²) >= 11 is 1.16. The quantitative estimate of drug-likeness (QED) is 0.931. The number of hydrogen-bond acceptors (Lipinski definition) is 5. The molecule has 0 spiro atoms. The summed E-state index contributed by atoms with van der Waals surface area (Å²) in [4.78, 5) is 29.2. The lowest BCUT2D eigenvalue weighted by Crippen LogP contribution is -2.32. The Labute approximate surface area is 136 Å². The van der Waals surface area contributed by atoms with Gasteiger partial charge in [0.15, 0.2) is 5.13 Å². The normalized spacial score (nSPS) is 10.5. The number of thiazole rings is 1. The molecule has 1 aromatic carbocycles. The number of carbonyl (C=O) groups is 2. The summed E-state index contributed by atoms with van der Waals surface area (Å²) in [7, 11) is 1.54. The number of ether oxygens (including phenoxy) is 1. The number of hydrogen-bond donors (Lipinski definition) is 1. The van der Waals surface area contributed by atoms with Crippen LogP contribution in [0.4, 0.5) is 14.3 Å². The molecule has 122 valence electrons. The van der Waals surface area contributed by atoms with Gasteiger partial charge in [-0.05, 0) is 38.1 Å². The Hall–Kier alpha value is -2.48. The Morgan fingerprint density at radius 2 is 1.96 bits per heavy atom. The summed E-state index contributed by atoms with van der Waals surface area (Å²) in [6, 6.07) is 5.18. The number of nitrogens with zero attached hydrogens (tertiary/aromatic N) is 2. The van der Waals surface area contributed by atoms with Gasteiger partial charge in [-0.1, -0.05) is 0 Å². The van der Waals surface area contributed by atoms with E-state index in [0.717, 1.165) is 11.3 Å². The van der Waals surface area contributed by atoms with E-state index in [4.69, 9.17) is 4.74 Å². The van der Waals surface area contributed by atoms with Crippen molar-refractivity contribution < 1.29 is 18.7 Å². The summed E-state index contributed by atoms with van der Waals surface area (Å²) in [5, 5.41) is 4.47. The van der Waals surface area contributed by atoms with Gasteiger partial charge in [-0.15, -0.1) is 11.3 Å². The minimum atomic E-state index is -0.607. The average molecular weight is 337 g/mol. The lowest BCUT2D eigenvalue weighted by molar-refractivity contribution is 0.0993. The van der Waals surface area contributed by atoms with Crippen LogP contribution >= 0.6 is 11.3 Å². The maximum atomic E-state index is 12.9. The molecular weight excluding hydrogens is 321 g/mol. The highest BCUT2D eigenvalue weighted by Crippen LogP contribution is 2.25. The van der Waals surface area contributed by atoms with Gasteiger partial charge >= 0.3 is 6.09 Å². The van der Waals surface area contributed by atoms with Gasteiger partial charge in [0.25, 0.3) is 5.91 Å². The zero-order valence-corrected chi connectivity index (χ0v) is 13.7. The zero-order valence-electron chi connectivity index (χ0n) is 12.9. The number of amides is 2. The first-order valence-corrected chi connectivity index (χ1v) is 7.72. The predicted octanol–water partition coefficient (Wildman–Crippen LogP) is 3.06. The van der Waals surface area contributed by atoms with Crippen molar-refractivity contribution in [2.45, 2.75) is 19.9 Å². The van der Waals surface area contributed by atoms with E-state index in [1.54, 1.807) is 7.05 Å². The highest BCUT2D eigenvalue weighted by molar-refractivity contribution is 7.14. The topological polar surface area (TPSA) is 71.5 Å². The number of nitrogens with one attached hydrogen (secondary N) is 1. The molecule has 0 fully saturated rings. The van der Waals surface area contributed by atoms with Crippen molar-refractivity contribution in [2.24, 2.45) is 0 Å². The first-order valence-electron chi connectivity index (χ1n) is 6.84. The molecule has 0 aliphatic rings. The minimum absolute atomic E-state index is 0.0525. The van der Waals surface area contributed by atoms with Gasteiger partial charge in [-0.2, -0.15) is 4.98 Å². The standard InChI is InChI=1S/C15H16FN3O3S/c1-9(2)17-15(21)22-12-8-23-14(18-12)19(3)13(20)10-4-6-11(16)7-5-10/h4-9H,1-3H3,(H,17,21). The maximum Gasteiger partial charge on any atom is 0.414 e. The van der Waals surface area contributed by atoms with Crippen molar-refractivity contribution in [3.8, 4) is 5.88 Å². The summed E-state index contributed by atoms with van der Waals surface area (Å²) in [6.07, 6.45) is -0.607. The molecule has 0 bridgehead atoms. The Bertz CT molecular complexity index is 700. The predicted molar refractivity (Wildman–Crippen MR) is 85.5 cm³/mol. The van der Waals surface area contributed by atoms with E-state index in [2.05, 4.69) is 10.3 Å². The third-order valence-electron chi connectivity index (χ3n) is 2.76. The van der Waals surface area contributed by atoms with Crippen LogP contribution in [0.5, 0.6) is 5.88 Å². The fourth-order valence-corrected chi connectivity index (χ4v) is 2.37. The Morgan fingerprint density at radius 1 is 1.30 bits per heavy atom. The number of aromatic nitrogens is 1. The number of anilines is 1. The lowest BCUT2D eigenvalue weighted by atomic mass is 10.2. The van der Waals surface area contributed by atoms with Gasteiger partial charge in [-0.25, -0.2) is 9.18 Å². The number of carbonyl (C=O) groups excluding carboxylic acids is 2. The van der Waals surface area contributed by atoms with Gasteiger partial charge in [0.1, 0.15) is 5.82 Å². The third kappa shape index (κ3) is 4.49. The largest absolute Gasteiger partial charge is 0.414 e. The molecule has 23 heavy (non-hydrogen) atoms. The molecule has 2 rings (SSSR count). The first-order chi connectivity index (χ1) is 10.9. The van der Waals surface area contributed by atoms with Gasteiger partial charge in [0.2, 0.25) is 5.88 Å². The van der Waals surface area contributed by atoms with Crippen LogP contribution in [0, 0.1) is 5.82 Å². The first kappa shape index (κ1) is 16.9. The Balaban J connectivity index is 2.05. The summed E-state index contributed by atoms with van der Waals surface area (Å²) in [5.41, 5.74) is 0.337. The second-order valence-corrected chi connectivity index (χ2v) is 5.86. The van der Waals surface area contributed by atoms with Crippen molar-refractivity contribution >= 4 is 28.5 Å². The number of halogens is 1. The van der Waals surface area contributed by atoms with Crippen LogP contribution in [-0.2, 0) is 0 Å². The fraction of sp³-hybridized carbons (Fsp3) is 0.267. The number of rotatable bonds is 4. The van der Waals surface area contributed by atoms with E-state index in [9.17, 15) is 14.0 Å². The molecule has 0 saturated carbocycles. The maximum absolute atomic E-state index is 12.9. The van der Waals surface area contributed by atoms with Crippen molar-refractivity contribution in [3.05, 3.63) is 41.0 Å². The lowest BCUT2D eigenvalue weighted by Gasteiger charge is -2.13. The molecule has 8 heteroatoms. The molecule has 0 radical (unpaired) electrons. The Kier molecular flexibility index (Phi) is 5.28. The van der Waals surface area contributed by atoms with Gasteiger partial charge in [0, 0.05) is 18.7 Å². The van der Waals surface area contributed by atoms with E-state index in [-0.39, 0.29) is 17.8 Å². The molecule has 0 aliphatic heterocycles.